The zero-order valence-electron chi connectivity index (χ0n) is 21.0. The molecule has 38 heavy (non-hydrogen) atoms. The van der Waals surface area contributed by atoms with Crippen molar-refractivity contribution in [1.82, 2.24) is 23.2 Å². The summed E-state index contributed by atoms with van der Waals surface area (Å²) in [4.78, 5) is 12.5. The fourth-order valence-electron chi connectivity index (χ4n) is 4.49. The van der Waals surface area contributed by atoms with Gasteiger partial charge in [0.25, 0.3) is 0 Å². The molecule has 0 aliphatic carbocycles. The Morgan fingerprint density at radius 1 is 0.947 bits per heavy atom. The number of hydrogen-bond acceptors (Lipinski definition) is 4. The Balaban J connectivity index is 1.53. The van der Waals surface area contributed by atoms with Crippen molar-refractivity contribution in [2.75, 3.05) is 7.05 Å². The zero-order chi connectivity index (χ0) is 27.2. The van der Waals surface area contributed by atoms with Crippen molar-refractivity contribution in [1.29, 1.82) is 0 Å². The highest BCUT2D eigenvalue weighted by atomic mass is 79.9. The molecule has 0 spiro atoms. The molecule has 11 heteroatoms. The van der Waals surface area contributed by atoms with Gasteiger partial charge in [-0.15, -0.1) is 0 Å². The Kier molecular flexibility index (Phi) is 7.08. The third kappa shape index (κ3) is 4.73. The van der Waals surface area contributed by atoms with E-state index < -0.39 is 10.0 Å². The third-order valence-electron chi connectivity index (χ3n) is 6.58. The Hall–Kier alpha value is -3.18. The van der Waals surface area contributed by atoms with E-state index in [0.717, 1.165) is 16.7 Å². The first kappa shape index (κ1) is 26.4. The van der Waals surface area contributed by atoms with Crippen LogP contribution in [0.25, 0.3) is 22.3 Å². The summed E-state index contributed by atoms with van der Waals surface area (Å²) in [5.41, 5.74) is 4.18. The van der Waals surface area contributed by atoms with Crippen LogP contribution in [-0.2, 0) is 37.2 Å². The van der Waals surface area contributed by atoms with Crippen molar-refractivity contribution in [2.45, 2.75) is 18.0 Å². The van der Waals surface area contributed by atoms with E-state index in [-0.39, 0.29) is 17.1 Å². The van der Waals surface area contributed by atoms with Crippen molar-refractivity contribution in [3.63, 3.8) is 0 Å². The monoisotopic (exact) mass is 613 g/mol. The van der Waals surface area contributed by atoms with Gasteiger partial charge in [0.2, 0.25) is 10.0 Å². The van der Waals surface area contributed by atoms with Crippen molar-refractivity contribution in [3.8, 4) is 11.3 Å². The van der Waals surface area contributed by atoms with Crippen molar-refractivity contribution >= 4 is 48.6 Å². The van der Waals surface area contributed by atoms with Gasteiger partial charge in [0.05, 0.1) is 28.2 Å². The van der Waals surface area contributed by atoms with Crippen molar-refractivity contribution < 1.29 is 8.42 Å². The number of aryl methyl sites for hydroxylation is 2. The average Bonchev–Trinajstić information content (AvgIpc) is 3.39. The number of hydrogen-bond donors (Lipinski definition) is 0. The van der Waals surface area contributed by atoms with Gasteiger partial charge in [-0.2, -0.15) is 9.40 Å². The Labute approximate surface area is 233 Å². The minimum atomic E-state index is -3.93. The lowest BCUT2D eigenvalue weighted by Crippen LogP contribution is -2.27. The fraction of sp³-hybridized carbons (Fsp3) is 0.185. The first-order valence-corrected chi connectivity index (χ1v) is 14.4. The number of halogens is 2. The third-order valence-corrected chi connectivity index (χ3v) is 9.71. The van der Waals surface area contributed by atoms with Gasteiger partial charge in [0.15, 0.2) is 0 Å². The maximum Gasteiger partial charge on any atom is 0.328 e. The van der Waals surface area contributed by atoms with E-state index in [1.54, 1.807) is 24.8 Å². The predicted molar refractivity (Wildman–Crippen MR) is 153 cm³/mol. The predicted octanol–water partition coefficient (Wildman–Crippen LogP) is 5.03. The number of nitrogens with zero attached hydrogens (tertiary/aromatic N) is 5. The van der Waals surface area contributed by atoms with Crippen LogP contribution in [-0.4, -0.2) is 38.7 Å². The summed E-state index contributed by atoms with van der Waals surface area (Å²) in [6.07, 6.45) is 1.86. The van der Waals surface area contributed by atoms with Crippen LogP contribution in [0.5, 0.6) is 0 Å². The average molecular weight is 615 g/mol. The molecule has 0 bridgehead atoms. The van der Waals surface area contributed by atoms with Gasteiger partial charge in [-0.1, -0.05) is 60.1 Å². The molecule has 0 aliphatic heterocycles. The summed E-state index contributed by atoms with van der Waals surface area (Å²) in [6, 6.07) is 20.4. The second-order valence-electron chi connectivity index (χ2n) is 9.09. The Bertz CT molecular complexity index is 1830. The van der Waals surface area contributed by atoms with Gasteiger partial charge >= 0.3 is 5.69 Å². The van der Waals surface area contributed by atoms with Gasteiger partial charge in [0, 0.05) is 54.5 Å². The molecule has 0 unspecified atom stereocenters. The SMILES string of the molecule is CN(Cc1cn(Cc2ccccc2Cl)nc1-c1ccccc1)S(=O)(=O)c1cc2c(cc1Br)n(C)c(=O)n2C. The normalized spacial score (nSPS) is 12.1. The maximum absolute atomic E-state index is 13.8. The number of rotatable bonds is 7. The van der Waals surface area contributed by atoms with Gasteiger partial charge in [-0.05, 0) is 39.7 Å². The lowest BCUT2D eigenvalue weighted by Gasteiger charge is -2.18. The van der Waals surface area contributed by atoms with Gasteiger partial charge in [0.1, 0.15) is 0 Å². The number of benzene rings is 3. The number of fused-ring (bicyclic) bond motifs is 1. The summed E-state index contributed by atoms with van der Waals surface area (Å²) < 4.78 is 33.9. The van der Waals surface area contributed by atoms with E-state index >= 15 is 0 Å². The van der Waals surface area contributed by atoms with Crippen LogP contribution >= 0.6 is 27.5 Å². The lowest BCUT2D eigenvalue weighted by atomic mass is 10.1. The van der Waals surface area contributed by atoms with Gasteiger partial charge in [-0.3, -0.25) is 13.8 Å². The molecule has 0 aliphatic rings. The van der Waals surface area contributed by atoms with E-state index in [1.165, 1.54) is 26.6 Å². The minimum Gasteiger partial charge on any atom is -0.295 e. The molecule has 2 heterocycles. The summed E-state index contributed by atoms with van der Waals surface area (Å²) in [5, 5.41) is 5.43. The second-order valence-corrected chi connectivity index (χ2v) is 12.4. The van der Waals surface area contributed by atoms with Crippen LogP contribution in [0.1, 0.15) is 11.1 Å². The van der Waals surface area contributed by atoms with Crippen molar-refractivity contribution in [2.24, 2.45) is 14.1 Å². The lowest BCUT2D eigenvalue weighted by molar-refractivity contribution is 0.466. The Morgan fingerprint density at radius 3 is 2.26 bits per heavy atom. The summed E-state index contributed by atoms with van der Waals surface area (Å²) >= 11 is 9.79. The van der Waals surface area contributed by atoms with Gasteiger partial charge < -0.3 is 0 Å². The summed E-state index contributed by atoms with van der Waals surface area (Å²) in [5.74, 6) is 0. The molecule has 0 fully saturated rings. The standard InChI is InChI=1S/C27H25BrClN5O3S/c1-31(38(36,37)25-14-24-23(13-21(25)28)32(2)27(35)33(24)3)15-20-17-34(16-19-11-7-8-12-22(19)29)30-26(20)18-9-5-4-6-10-18/h4-14,17H,15-16H2,1-3H3. The fourth-order valence-corrected chi connectivity index (χ4v) is 6.84. The molecule has 8 nitrogen and oxygen atoms in total. The first-order valence-electron chi connectivity index (χ1n) is 11.7. The molecule has 3 aromatic carbocycles. The molecule has 0 saturated carbocycles. The quantitative estimate of drug-likeness (QED) is 0.258. The molecule has 196 valence electrons. The summed E-state index contributed by atoms with van der Waals surface area (Å²) in [7, 11) is 0.885. The maximum atomic E-state index is 13.8. The molecule has 0 saturated heterocycles. The van der Waals surface area contributed by atoms with Crippen LogP contribution in [0.2, 0.25) is 5.02 Å². The van der Waals surface area contributed by atoms with E-state index in [2.05, 4.69) is 15.9 Å². The Morgan fingerprint density at radius 2 is 1.58 bits per heavy atom. The number of aromatic nitrogens is 4. The molecular weight excluding hydrogens is 590 g/mol. The highest BCUT2D eigenvalue weighted by Gasteiger charge is 2.27. The van der Waals surface area contributed by atoms with Crippen LogP contribution in [0.4, 0.5) is 0 Å². The number of imidazole rings is 1. The van der Waals surface area contributed by atoms with Crippen LogP contribution in [0.15, 0.2) is 87.1 Å². The molecule has 5 aromatic rings. The van der Waals surface area contributed by atoms with Crippen LogP contribution in [0.3, 0.4) is 0 Å². The van der Waals surface area contributed by atoms with Gasteiger partial charge in [-0.25, -0.2) is 13.2 Å². The van der Waals surface area contributed by atoms with E-state index in [0.29, 0.717) is 32.8 Å². The van der Waals surface area contributed by atoms with Crippen LogP contribution in [0, 0.1) is 0 Å². The molecule has 0 N–H and O–H groups in total. The first-order chi connectivity index (χ1) is 18.1. The molecule has 0 amide bonds. The minimum absolute atomic E-state index is 0.0819. The highest BCUT2D eigenvalue weighted by Crippen LogP contribution is 2.31. The van der Waals surface area contributed by atoms with Crippen molar-refractivity contribution in [3.05, 3.63) is 104 Å². The number of sulfonamides is 1. The van der Waals surface area contributed by atoms with E-state index in [4.69, 9.17) is 16.7 Å². The summed E-state index contributed by atoms with van der Waals surface area (Å²) in [6.45, 7) is 0.535. The van der Waals surface area contributed by atoms with Crippen LogP contribution < -0.4 is 5.69 Å². The molecular formula is C27H25BrClN5O3S. The molecule has 0 radical (unpaired) electrons. The smallest absolute Gasteiger partial charge is 0.295 e. The van der Waals surface area contributed by atoms with E-state index in [1.807, 2.05) is 60.8 Å². The highest BCUT2D eigenvalue weighted by molar-refractivity contribution is 9.10. The topological polar surface area (TPSA) is 82.1 Å². The molecule has 2 aromatic heterocycles. The molecule has 5 rings (SSSR count). The largest absolute Gasteiger partial charge is 0.328 e. The van der Waals surface area contributed by atoms with E-state index in [9.17, 15) is 13.2 Å². The second kappa shape index (κ2) is 10.2. The zero-order valence-corrected chi connectivity index (χ0v) is 24.1. The molecule has 0 atom stereocenters.